The quantitative estimate of drug-likeness (QED) is 0.825. The van der Waals surface area contributed by atoms with Crippen LogP contribution < -0.4 is 0 Å². The highest BCUT2D eigenvalue weighted by atomic mass is 16.3. The molecule has 0 aliphatic carbocycles. The molecule has 0 saturated heterocycles. The van der Waals surface area contributed by atoms with Gasteiger partial charge in [0.2, 0.25) is 0 Å². The van der Waals surface area contributed by atoms with Gasteiger partial charge >= 0.3 is 0 Å². The topological polar surface area (TPSA) is 37.3 Å². The Balaban J connectivity index is 2.13. The third-order valence-electron chi connectivity index (χ3n) is 3.68. The summed E-state index contributed by atoms with van der Waals surface area (Å²) < 4.78 is 0. The first kappa shape index (κ1) is 14.3. The van der Waals surface area contributed by atoms with Gasteiger partial charge in [-0.2, -0.15) is 0 Å². The average Bonchev–Trinajstić information content (AvgIpc) is 2.49. The van der Waals surface area contributed by atoms with E-state index in [0.717, 1.165) is 23.1 Å². The van der Waals surface area contributed by atoms with Gasteiger partial charge in [0.1, 0.15) is 5.75 Å². The van der Waals surface area contributed by atoms with Gasteiger partial charge in [0.05, 0.1) is 0 Å². The van der Waals surface area contributed by atoms with Crippen molar-refractivity contribution in [3.63, 3.8) is 0 Å². The zero-order chi connectivity index (χ0) is 14.5. The number of para-hydroxylation sites is 1. The lowest BCUT2D eigenvalue weighted by molar-refractivity contribution is 0.0927. The molecule has 104 valence electrons. The zero-order valence-electron chi connectivity index (χ0n) is 12.0. The summed E-state index contributed by atoms with van der Waals surface area (Å²) in [6.45, 7) is 3.98. The molecule has 2 nitrogen and oxygen atoms in total. The molecule has 20 heavy (non-hydrogen) atoms. The van der Waals surface area contributed by atoms with Crippen LogP contribution in [0.5, 0.6) is 5.75 Å². The Bertz CT molecular complexity index is 585. The first-order valence-corrected chi connectivity index (χ1v) is 7.01. The Morgan fingerprint density at radius 1 is 1.10 bits per heavy atom. The van der Waals surface area contributed by atoms with Gasteiger partial charge in [-0.1, -0.05) is 56.3 Å². The van der Waals surface area contributed by atoms with Crippen molar-refractivity contribution in [3.8, 4) is 5.75 Å². The molecule has 0 aliphatic rings. The lowest BCUT2D eigenvalue weighted by Crippen LogP contribution is -2.10. The lowest BCUT2D eigenvalue weighted by Gasteiger charge is -2.09. The number of carbonyl (C=O) groups is 1. The van der Waals surface area contributed by atoms with Crippen molar-refractivity contribution >= 4 is 5.78 Å². The van der Waals surface area contributed by atoms with Crippen LogP contribution in [0.4, 0.5) is 0 Å². The molecule has 1 atom stereocenters. The van der Waals surface area contributed by atoms with E-state index >= 15 is 0 Å². The number of rotatable bonds is 5. The lowest BCUT2D eigenvalue weighted by atomic mass is 9.95. The summed E-state index contributed by atoms with van der Waals surface area (Å²) in [4.78, 5) is 12.1. The van der Waals surface area contributed by atoms with Crippen LogP contribution in [-0.2, 0) is 6.42 Å². The number of phenolic OH excluding ortho intramolecular Hbond substituents is 1. The number of hydrogen-bond donors (Lipinski definition) is 1. The van der Waals surface area contributed by atoms with Gasteiger partial charge in [-0.3, -0.25) is 4.79 Å². The third-order valence-corrected chi connectivity index (χ3v) is 3.68. The summed E-state index contributed by atoms with van der Waals surface area (Å²) in [5.41, 5.74) is 2.75. The highest BCUT2D eigenvalue weighted by molar-refractivity contribution is 5.97. The number of Topliss-reactive ketones (excluding diaryl/α,β-unsaturated/α-hetero) is 1. The normalized spacial score (nSPS) is 12.1. The van der Waals surface area contributed by atoms with E-state index in [1.807, 2.05) is 56.3 Å². The highest BCUT2D eigenvalue weighted by Gasteiger charge is 2.12. The molecular weight excluding hydrogens is 248 g/mol. The van der Waals surface area contributed by atoms with Crippen molar-refractivity contribution in [1.29, 1.82) is 0 Å². The van der Waals surface area contributed by atoms with Crippen LogP contribution in [0.1, 0.15) is 41.8 Å². The van der Waals surface area contributed by atoms with Crippen molar-refractivity contribution in [2.24, 2.45) is 5.92 Å². The third kappa shape index (κ3) is 3.27. The number of phenols is 1. The minimum absolute atomic E-state index is 0.0685. The summed E-state index contributed by atoms with van der Waals surface area (Å²) in [6, 6.07) is 15.0. The zero-order valence-corrected chi connectivity index (χ0v) is 12.0. The highest BCUT2D eigenvalue weighted by Crippen LogP contribution is 2.20. The van der Waals surface area contributed by atoms with E-state index in [9.17, 15) is 9.90 Å². The minimum Gasteiger partial charge on any atom is -0.508 e. The van der Waals surface area contributed by atoms with Crippen LogP contribution in [0.25, 0.3) is 0 Å². The summed E-state index contributed by atoms with van der Waals surface area (Å²) in [5, 5.41) is 9.77. The molecule has 2 aromatic carbocycles. The fourth-order valence-corrected chi connectivity index (χ4v) is 2.14. The first-order valence-electron chi connectivity index (χ1n) is 7.01. The van der Waals surface area contributed by atoms with Gasteiger partial charge < -0.3 is 5.11 Å². The number of aromatic hydroxyl groups is 1. The summed E-state index contributed by atoms with van der Waals surface area (Å²) >= 11 is 0. The van der Waals surface area contributed by atoms with Crippen molar-refractivity contribution in [3.05, 3.63) is 65.2 Å². The van der Waals surface area contributed by atoms with Gasteiger partial charge in [0, 0.05) is 17.9 Å². The molecule has 0 aromatic heterocycles. The maximum atomic E-state index is 12.1. The first-order chi connectivity index (χ1) is 9.61. The second kappa shape index (κ2) is 6.38. The molecule has 0 radical (unpaired) electrons. The molecule has 1 N–H and O–H groups in total. The van der Waals surface area contributed by atoms with Gasteiger partial charge in [-0.25, -0.2) is 0 Å². The van der Waals surface area contributed by atoms with Gasteiger partial charge in [-0.05, 0) is 23.6 Å². The predicted molar refractivity (Wildman–Crippen MR) is 81.1 cm³/mol. The van der Waals surface area contributed by atoms with Crippen molar-refractivity contribution < 1.29 is 9.90 Å². The van der Waals surface area contributed by atoms with Crippen molar-refractivity contribution in [2.45, 2.75) is 26.7 Å². The second-order valence-corrected chi connectivity index (χ2v) is 5.18. The van der Waals surface area contributed by atoms with E-state index in [0.29, 0.717) is 12.2 Å². The SMILES string of the molecule is CCC(C)C(=O)c1ccc(Cc2ccccc2O)cc1. The largest absolute Gasteiger partial charge is 0.508 e. The van der Waals surface area contributed by atoms with Crippen LogP contribution in [0.3, 0.4) is 0 Å². The Morgan fingerprint density at radius 3 is 2.35 bits per heavy atom. The molecule has 1 unspecified atom stereocenters. The molecule has 0 heterocycles. The molecule has 0 spiro atoms. The van der Waals surface area contributed by atoms with Crippen LogP contribution in [-0.4, -0.2) is 10.9 Å². The van der Waals surface area contributed by atoms with E-state index in [-0.39, 0.29) is 11.7 Å². The fourth-order valence-electron chi connectivity index (χ4n) is 2.14. The molecule has 0 aliphatic heterocycles. The average molecular weight is 268 g/mol. The maximum Gasteiger partial charge on any atom is 0.165 e. The van der Waals surface area contributed by atoms with E-state index in [2.05, 4.69) is 0 Å². The Kier molecular flexibility index (Phi) is 4.57. The van der Waals surface area contributed by atoms with Crippen LogP contribution in [0, 0.1) is 5.92 Å². The number of carbonyl (C=O) groups excluding carboxylic acids is 1. The second-order valence-electron chi connectivity index (χ2n) is 5.18. The standard InChI is InChI=1S/C18H20O2/c1-3-13(2)18(20)15-10-8-14(9-11-15)12-16-6-4-5-7-17(16)19/h4-11,13,19H,3,12H2,1-2H3. The number of ketones is 1. The Morgan fingerprint density at radius 2 is 1.75 bits per heavy atom. The number of benzene rings is 2. The van der Waals surface area contributed by atoms with E-state index in [4.69, 9.17) is 0 Å². The minimum atomic E-state index is 0.0685. The van der Waals surface area contributed by atoms with Crippen LogP contribution >= 0.6 is 0 Å². The maximum absolute atomic E-state index is 12.1. The molecular formula is C18H20O2. The molecule has 0 saturated carbocycles. The van der Waals surface area contributed by atoms with E-state index in [1.165, 1.54) is 0 Å². The van der Waals surface area contributed by atoms with Crippen LogP contribution in [0.15, 0.2) is 48.5 Å². The van der Waals surface area contributed by atoms with E-state index < -0.39 is 0 Å². The molecule has 2 aromatic rings. The van der Waals surface area contributed by atoms with E-state index in [1.54, 1.807) is 6.07 Å². The molecule has 2 heteroatoms. The van der Waals surface area contributed by atoms with Gasteiger partial charge in [0.15, 0.2) is 5.78 Å². The fraction of sp³-hybridized carbons (Fsp3) is 0.278. The predicted octanol–water partition coefficient (Wildman–Crippen LogP) is 4.21. The van der Waals surface area contributed by atoms with Crippen molar-refractivity contribution in [1.82, 2.24) is 0 Å². The molecule has 0 fully saturated rings. The molecule has 2 rings (SSSR count). The Hall–Kier alpha value is -2.09. The Labute approximate surface area is 120 Å². The summed E-state index contributed by atoms with van der Waals surface area (Å²) in [6.07, 6.45) is 1.53. The molecule has 0 amide bonds. The summed E-state index contributed by atoms with van der Waals surface area (Å²) in [7, 11) is 0. The smallest absolute Gasteiger partial charge is 0.165 e. The molecule has 0 bridgehead atoms. The monoisotopic (exact) mass is 268 g/mol. The van der Waals surface area contributed by atoms with Gasteiger partial charge in [0.25, 0.3) is 0 Å². The number of hydrogen-bond acceptors (Lipinski definition) is 2. The van der Waals surface area contributed by atoms with Crippen LogP contribution in [0.2, 0.25) is 0 Å². The van der Waals surface area contributed by atoms with Crippen molar-refractivity contribution in [2.75, 3.05) is 0 Å². The summed E-state index contributed by atoms with van der Waals surface area (Å²) in [5.74, 6) is 0.577. The van der Waals surface area contributed by atoms with Gasteiger partial charge in [-0.15, -0.1) is 0 Å².